The van der Waals surface area contributed by atoms with Gasteiger partial charge in [-0.25, -0.2) is 14.1 Å². The molecule has 214 valence electrons. The first-order chi connectivity index (χ1) is 20.3. The number of hydrogen-bond donors (Lipinski definition) is 0. The van der Waals surface area contributed by atoms with Crippen molar-refractivity contribution < 1.29 is 23.6 Å². The number of rotatable bonds is 5. The quantitative estimate of drug-likeness (QED) is 0.299. The van der Waals surface area contributed by atoms with Gasteiger partial charge in [0.05, 0.1) is 23.6 Å². The maximum atomic E-state index is 14.8. The van der Waals surface area contributed by atoms with E-state index in [9.17, 15) is 23.6 Å². The van der Waals surface area contributed by atoms with Gasteiger partial charge in [0.1, 0.15) is 11.4 Å². The molecule has 3 saturated heterocycles. The smallest absolute Gasteiger partial charge is 0.300 e. The molecule has 4 aliphatic rings. The second-order valence-corrected chi connectivity index (χ2v) is 12.1. The molecular formula is C34H32FN3O4. The summed E-state index contributed by atoms with van der Waals surface area (Å²) in [5.74, 6) is -3.68. The molecule has 0 aromatic heterocycles. The zero-order chi connectivity index (χ0) is 29.2. The highest BCUT2D eigenvalue weighted by Gasteiger charge is 2.77. The van der Waals surface area contributed by atoms with Gasteiger partial charge < -0.3 is 4.90 Å². The van der Waals surface area contributed by atoms with E-state index < -0.39 is 41.2 Å². The Hall–Kier alpha value is -4.33. The molecule has 5 amide bonds. The van der Waals surface area contributed by atoms with Gasteiger partial charge in [-0.2, -0.15) is 0 Å². The first-order valence-electron chi connectivity index (χ1n) is 14.7. The zero-order valence-corrected chi connectivity index (χ0v) is 23.4. The fraction of sp³-hybridized carbons (Fsp3) is 0.353. The predicted octanol–water partition coefficient (Wildman–Crippen LogP) is 5.57. The number of aryl methyl sites for hydroxylation is 1. The van der Waals surface area contributed by atoms with E-state index in [0.29, 0.717) is 11.3 Å². The monoisotopic (exact) mass is 565 g/mol. The van der Waals surface area contributed by atoms with Gasteiger partial charge in [-0.05, 0) is 55.2 Å². The number of nitrogens with zero attached hydrogens (tertiary/aromatic N) is 3. The molecule has 3 heterocycles. The van der Waals surface area contributed by atoms with Crippen LogP contribution in [0, 0.1) is 24.6 Å². The van der Waals surface area contributed by atoms with Crippen LogP contribution in [-0.2, 0) is 20.8 Å². The molecule has 4 atom stereocenters. The Bertz CT molecular complexity index is 1570. The molecule has 3 unspecified atom stereocenters. The number of fused-ring (bicyclic) bond motifs is 3. The molecule has 7 nitrogen and oxygen atoms in total. The van der Waals surface area contributed by atoms with Gasteiger partial charge >= 0.3 is 6.03 Å². The van der Waals surface area contributed by atoms with E-state index in [1.54, 1.807) is 24.3 Å². The number of hydrogen-bond acceptors (Lipinski definition) is 4. The number of likely N-dealkylation sites (tertiary alicyclic amines) is 1. The molecule has 1 aliphatic carbocycles. The van der Waals surface area contributed by atoms with Crippen LogP contribution in [0.25, 0.3) is 0 Å². The van der Waals surface area contributed by atoms with Crippen LogP contribution in [0.1, 0.15) is 54.8 Å². The number of anilines is 1. The van der Waals surface area contributed by atoms with Gasteiger partial charge in [0.25, 0.3) is 5.91 Å². The molecule has 8 heteroatoms. The number of benzene rings is 3. The maximum absolute atomic E-state index is 14.8. The number of imide groups is 2. The lowest BCUT2D eigenvalue weighted by Gasteiger charge is -2.37. The SMILES string of the molecule is Cc1ccc(N2C(=O)N3C(c4ccc(F)cc4)C4C(=O)N(C5CCCCC5)C(=O)C4[C@]3(Cc3ccccc3)C2=O)cc1. The van der Waals surface area contributed by atoms with Crippen molar-refractivity contribution in [2.75, 3.05) is 4.90 Å². The van der Waals surface area contributed by atoms with Crippen molar-refractivity contribution >= 4 is 29.4 Å². The summed E-state index contributed by atoms with van der Waals surface area (Å²) in [5.41, 5.74) is 1.07. The minimum atomic E-state index is -1.62. The van der Waals surface area contributed by atoms with Crippen molar-refractivity contribution in [3.8, 4) is 0 Å². The lowest BCUT2D eigenvalue weighted by Crippen LogP contribution is -2.56. The van der Waals surface area contributed by atoms with Crippen molar-refractivity contribution in [3.05, 3.63) is 101 Å². The maximum Gasteiger partial charge on any atom is 0.332 e. The number of carbonyl (C=O) groups excluding carboxylic acids is 4. The molecule has 3 aliphatic heterocycles. The van der Waals surface area contributed by atoms with E-state index in [1.807, 2.05) is 49.4 Å². The lowest BCUT2D eigenvalue weighted by atomic mass is 9.75. The average Bonchev–Trinajstić information content (AvgIpc) is 3.52. The van der Waals surface area contributed by atoms with Crippen LogP contribution in [0.4, 0.5) is 14.9 Å². The van der Waals surface area contributed by atoms with E-state index in [1.165, 1.54) is 21.9 Å². The van der Waals surface area contributed by atoms with E-state index in [-0.39, 0.29) is 24.3 Å². The molecule has 0 bridgehead atoms. The summed E-state index contributed by atoms with van der Waals surface area (Å²) in [4.78, 5) is 62.3. The summed E-state index contributed by atoms with van der Waals surface area (Å²) in [7, 11) is 0. The molecule has 0 radical (unpaired) electrons. The topological polar surface area (TPSA) is 78.0 Å². The number of halogens is 1. The van der Waals surface area contributed by atoms with Gasteiger partial charge in [0, 0.05) is 12.5 Å². The van der Waals surface area contributed by atoms with Crippen LogP contribution in [0.15, 0.2) is 78.9 Å². The van der Waals surface area contributed by atoms with E-state index in [0.717, 1.165) is 48.1 Å². The van der Waals surface area contributed by atoms with Crippen molar-refractivity contribution in [1.82, 2.24) is 9.80 Å². The lowest BCUT2D eigenvalue weighted by molar-refractivity contribution is -0.147. The Kier molecular flexibility index (Phi) is 6.26. The Balaban J connectivity index is 1.45. The fourth-order valence-electron chi connectivity index (χ4n) is 7.82. The van der Waals surface area contributed by atoms with Crippen LogP contribution < -0.4 is 4.90 Å². The van der Waals surface area contributed by atoms with Gasteiger partial charge in [-0.15, -0.1) is 0 Å². The highest BCUT2D eigenvalue weighted by atomic mass is 19.1. The Morgan fingerprint density at radius 3 is 2.14 bits per heavy atom. The van der Waals surface area contributed by atoms with Crippen LogP contribution >= 0.6 is 0 Å². The minimum absolute atomic E-state index is 0.0805. The van der Waals surface area contributed by atoms with Crippen molar-refractivity contribution in [2.24, 2.45) is 11.8 Å². The van der Waals surface area contributed by atoms with Crippen LogP contribution in [0.2, 0.25) is 0 Å². The van der Waals surface area contributed by atoms with Crippen LogP contribution in [-0.4, -0.2) is 45.1 Å². The molecule has 1 saturated carbocycles. The van der Waals surface area contributed by atoms with Crippen molar-refractivity contribution in [3.63, 3.8) is 0 Å². The summed E-state index contributed by atoms with van der Waals surface area (Å²) in [6.45, 7) is 1.92. The third-order valence-corrected chi connectivity index (χ3v) is 9.68. The third kappa shape index (κ3) is 3.77. The predicted molar refractivity (Wildman–Crippen MR) is 154 cm³/mol. The standard InChI is InChI=1S/C34H32FN3O4/c1-21-12-18-26(19-13-21)37-32(41)34(20-22-8-4-2-5-9-22)28-27(30(39)36(31(28)40)25-10-6-3-7-11-25)29(38(34)33(37)42)23-14-16-24(35)17-15-23/h2,4-5,8-9,12-19,25,27-29H,3,6-7,10-11,20H2,1H3/t27?,28?,29?,34-/m1/s1. The first kappa shape index (κ1) is 26.6. The Morgan fingerprint density at radius 1 is 0.810 bits per heavy atom. The Labute approximate surface area is 243 Å². The van der Waals surface area contributed by atoms with E-state index >= 15 is 0 Å². The molecular weight excluding hydrogens is 533 g/mol. The first-order valence-corrected chi connectivity index (χ1v) is 14.7. The van der Waals surface area contributed by atoms with Crippen LogP contribution in [0.5, 0.6) is 0 Å². The largest absolute Gasteiger partial charge is 0.332 e. The van der Waals surface area contributed by atoms with Gasteiger partial charge in [0.15, 0.2) is 0 Å². The number of urea groups is 1. The molecule has 7 rings (SSSR count). The third-order valence-electron chi connectivity index (χ3n) is 9.68. The van der Waals surface area contributed by atoms with Gasteiger partial charge in [-0.1, -0.05) is 79.4 Å². The molecule has 42 heavy (non-hydrogen) atoms. The summed E-state index contributed by atoms with van der Waals surface area (Å²) >= 11 is 0. The zero-order valence-electron chi connectivity index (χ0n) is 23.4. The molecule has 4 fully saturated rings. The highest BCUT2D eigenvalue weighted by Crippen LogP contribution is 2.60. The van der Waals surface area contributed by atoms with E-state index in [4.69, 9.17) is 0 Å². The normalized spacial score (nSPS) is 27.7. The van der Waals surface area contributed by atoms with Gasteiger partial charge in [-0.3, -0.25) is 19.3 Å². The summed E-state index contributed by atoms with van der Waals surface area (Å²) < 4.78 is 14.1. The summed E-state index contributed by atoms with van der Waals surface area (Å²) in [5, 5.41) is 0. The molecule has 0 spiro atoms. The second-order valence-electron chi connectivity index (χ2n) is 12.1. The number of carbonyl (C=O) groups is 4. The summed E-state index contributed by atoms with van der Waals surface area (Å²) in [6, 6.07) is 20.4. The molecule has 0 N–H and O–H groups in total. The number of amides is 5. The fourth-order valence-corrected chi connectivity index (χ4v) is 7.82. The summed E-state index contributed by atoms with van der Waals surface area (Å²) in [6.07, 6.45) is 4.46. The van der Waals surface area contributed by atoms with E-state index in [2.05, 4.69) is 0 Å². The van der Waals surface area contributed by atoms with Gasteiger partial charge in [0.2, 0.25) is 11.8 Å². The van der Waals surface area contributed by atoms with Crippen molar-refractivity contribution in [2.45, 2.75) is 63.1 Å². The molecule has 3 aromatic rings. The average molecular weight is 566 g/mol. The molecule has 3 aromatic carbocycles. The second kappa shape index (κ2) is 9.89. The Morgan fingerprint density at radius 2 is 1.48 bits per heavy atom. The van der Waals surface area contributed by atoms with Crippen LogP contribution in [0.3, 0.4) is 0 Å². The van der Waals surface area contributed by atoms with Crippen molar-refractivity contribution in [1.29, 1.82) is 0 Å². The minimum Gasteiger partial charge on any atom is -0.300 e. The highest BCUT2D eigenvalue weighted by molar-refractivity contribution is 6.27.